The third-order valence-electron chi connectivity index (χ3n) is 4.01. The Bertz CT molecular complexity index is 525. The Morgan fingerprint density at radius 1 is 1.40 bits per heavy atom. The summed E-state index contributed by atoms with van der Waals surface area (Å²) in [5.41, 5.74) is 1.81. The van der Waals surface area contributed by atoms with Crippen LogP contribution in [0.1, 0.15) is 26.7 Å². The maximum atomic E-state index is 5.93. The lowest BCUT2D eigenvalue weighted by atomic mass is 9.99. The minimum absolute atomic E-state index is 0.394. The van der Waals surface area contributed by atoms with Gasteiger partial charge in [-0.3, -0.25) is 0 Å². The van der Waals surface area contributed by atoms with Crippen LogP contribution in [0.3, 0.4) is 0 Å². The summed E-state index contributed by atoms with van der Waals surface area (Å²) in [6, 6.07) is 9.12. The zero-order valence-corrected chi connectivity index (χ0v) is 12.3. The molecule has 20 heavy (non-hydrogen) atoms. The summed E-state index contributed by atoms with van der Waals surface area (Å²) in [5, 5.41) is 3.48. The van der Waals surface area contributed by atoms with Crippen LogP contribution in [0.15, 0.2) is 28.7 Å². The van der Waals surface area contributed by atoms with E-state index in [0.29, 0.717) is 12.0 Å². The van der Waals surface area contributed by atoms with Gasteiger partial charge in [-0.2, -0.15) is 4.98 Å². The van der Waals surface area contributed by atoms with E-state index in [9.17, 15) is 0 Å². The highest BCUT2D eigenvalue weighted by atomic mass is 16.4. The quantitative estimate of drug-likeness (QED) is 0.929. The highest BCUT2D eigenvalue weighted by Crippen LogP contribution is 2.25. The molecule has 0 saturated carbocycles. The molecule has 1 aromatic carbocycles. The Balaban J connectivity index is 1.81. The lowest BCUT2D eigenvalue weighted by molar-refractivity contribution is 0.363. The molecule has 1 unspecified atom stereocenters. The molecule has 1 aromatic heterocycles. The molecule has 0 aliphatic carbocycles. The number of para-hydroxylation sites is 2. The molecule has 0 radical (unpaired) electrons. The molecule has 0 bridgehead atoms. The number of oxazole rings is 1. The van der Waals surface area contributed by atoms with Gasteiger partial charge < -0.3 is 14.6 Å². The van der Waals surface area contributed by atoms with Crippen molar-refractivity contribution in [1.29, 1.82) is 0 Å². The predicted molar refractivity (Wildman–Crippen MR) is 82.1 cm³/mol. The monoisotopic (exact) mass is 273 g/mol. The first-order chi connectivity index (χ1) is 9.74. The van der Waals surface area contributed by atoms with Gasteiger partial charge in [-0.1, -0.05) is 12.1 Å². The third-order valence-corrected chi connectivity index (χ3v) is 4.01. The molecule has 0 spiro atoms. The van der Waals surface area contributed by atoms with E-state index in [2.05, 4.69) is 29.0 Å². The smallest absolute Gasteiger partial charge is 0.298 e. The molecule has 1 aliphatic heterocycles. The van der Waals surface area contributed by atoms with Gasteiger partial charge in [0.25, 0.3) is 6.01 Å². The van der Waals surface area contributed by atoms with Crippen molar-refractivity contribution < 1.29 is 4.42 Å². The number of nitrogens with one attached hydrogen (secondary N) is 1. The van der Waals surface area contributed by atoms with Gasteiger partial charge in [0.15, 0.2) is 5.58 Å². The maximum Gasteiger partial charge on any atom is 0.298 e. The molecule has 1 saturated heterocycles. The number of piperidine rings is 1. The van der Waals surface area contributed by atoms with Gasteiger partial charge in [-0.05, 0) is 57.8 Å². The van der Waals surface area contributed by atoms with E-state index in [1.165, 1.54) is 12.8 Å². The fraction of sp³-hybridized carbons (Fsp3) is 0.562. The van der Waals surface area contributed by atoms with Crippen LogP contribution < -0.4 is 10.2 Å². The fourth-order valence-corrected chi connectivity index (χ4v) is 2.85. The van der Waals surface area contributed by atoms with E-state index in [1.54, 1.807) is 0 Å². The van der Waals surface area contributed by atoms with Gasteiger partial charge in [0, 0.05) is 12.6 Å². The minimum atomic E-state index is 0.394. The van der Waals surface area contributed by atoms with Gasteiger partial charge in [0.05, 0.1) is 0 Å². The lowest BCUT2D eigenvalue weighted by Gasteiger charge is -2.31. The number of anilines is 1. The van der Waals surface area contributed by atoms with Gasteiger partial charge in [0.2, 0.25) is 0 Å². The van der Waals surface area contributed by atoms with Crippen LogP contribution in [0.25, 0.3) is 11.1 Å². The Hall–Kier alpha value is -1.55. The van der Waals surface area contributed by atoms with Crippen LogP contribution in [0, 0.1) is 5.92 Å². The van der Waals surface area contributed by atoms with Gasteiger partial charge in [0.1, 0.15) is 5.52 Å². The minimum Gasteiger partial charge on any atom is -0.423 e. The largest absolute Gasteiger partial charge is 0.423 e. The van der Waals surface area contributed by atoms with Crippen molar-refractivity contribution in [1.82, 2.24) is 10.3 Å². The van der Waals surface area contributed by atoms with Crippen molar-refractivity contribution in [2.24, 2.45) is 5.92 Å². The second kappa shape index (κ2) is 5.83. The number of fused-ring (bicyclic) bond motifs is 1. The van der Waals surface area contributed by atoms with Crippen molar-refractivity contribution >= 4 is 17.1 Å². The van der Waals surface area contributed by atoms with E-state index in [4.69, 9.17) is 4.42 Å². The number of aromatic nitrogens is 1. The maximum absolute atomic E-state index is 5.93. The molecule has 1 atom stereocenters. The first kappa shape index (κ1) is 13.4. The number of hydrogen-bond acceptors (Lipinski definition) is 4. The van der Waals surface area contributed by atoms with Crippen LogP contribution >= 0.6 is 0 Å². The fourth-order valence-electron chi connectivity index (χ4n) is 2.85. The number of nitrogens with zero attached hydrogens (tertiary/aromatic N) is 2. The molecule has 3 rings (SSSR count). The van der Waals surface area contributed by atoms with Crippen molar-refractivity contribution in [2.75, 3.05) is 24.5 Å². The van der Waals surface area contributed by atoms with E-state index < -0.39 is 0 Å². The van der Waals surface area contributed by atoms with E-state index in [-0.39, 0.29) is 0 Å². The van der Waals surface area contributed by atoms with Crippen LogP contribution in [-0.4, -0.2) is 30.7 Å². The van der Waals surface area contributed by atoms with E-state index in [1.807, 2.05) is 24.3 Å². The second-order valence-electron chi connectivity index (χ2n) is 5.92. The Labute approximate surface area is 120 Å². The zero-order valence-electron chi connectivity index (χ0n) is 12.3. The molecule has 0 amide bonds. The van der Waals surface area contributed by atoms with Gasteiger partial charge in [-0.25, -0.2) is 0 Å². The average molecular weight is 273 g/mol. The Morgan fingerprint density at radius 2 is 2.25 bits per heavy atom. The SMILES string of the molecule is CC(C)N(CC1CCCNC1)c1nc2ccccc2o1. The van der Waals surface area contributed by atoms with Crippen LogP contribution in [-0.2, 0) is 0 Å². The molecule has 4 heteroatoms. The summed E-state index contributed by atoms with van der Waals surface area (Å²) in [6.07, 6.45) is 2.56. The predicted octanol–water partition coefficient (Wildman–Crippen LogP) is 3.04. The molecule has 1 aliphatic rings. The van der Waals surface area contributed by atoms with Crippen molar-refractivity contribution in [3.63, 3.8) is 0 Å². The molecule has 2 heterocycles. The molecule has 4 nitrogen and oxygen atoms in total. The molecule has 108 valence electrons. The van der Waals surface area contributed by atoms with Crippen LogP contribution in [0.5, 0.6) is 0 Å². The summed E-state index contributed by atoms with van der Waals surface area (Å²) >= 11 is 0. The third kappa shape index (κ3) is 2.80. The van der Waals surface area contributed by atoms with Gasteiger partial charge in [-0.15, -0.1) is 0 Å². The average Bonchev–Trinajstić information content (AvgIpc) is 2.89. The highest BCUT2D eigenvalue weighted by Gasteiger charge is 2.22. The van der Waals surface area contributed by atoms with E-state index in [0.717, 1.165) is 36.7 Å². The zero-order chi connectivity index (χ0) is 13.9. The molecule has 1 N–H and O–H groups in total. The Morgan fingerprint density at radius 3 is 2.95 bits per heavy atom. The van der Waals surface area contributed by atoms with E-state index >= 15 is 0 Å². The van der Waals surface area contributed by atoms with Crippen molar-refractivity contribution in [2.45, 2.75) is 32.7 Å². The summed E-state index contributed by atoms with van der Waals surface area (Å²) in [5.74, 6) is 0.682. The summed E-state index contributed by atoms with van der Waals surface area (Å²) in [6.45, 7) is 7.66. The van der Waals surface area contributed by atoms with Gasteiger partial charge >= 0.3 is 0 Å². The van der Waals surface area contributed by atoms with Crippen LogP contribution in [0.2, 0.25) is 0 Å². The second-order valence-corrected chi connectivity index (χ2v) is 5.92. The highest BCUT2D eigenvalue weighted by molar-refractivity contribution is 5.74. The molecular weight excluding hydrogens is 250 g/mol. The first-order valence-electron chi connectivity index (χ1n) is 7.57. The molecule has 2 aromatic rings. The first-order valence-corrected chi connectivity index (χ1v) is 7.57. The van der Waals surface area contributed by atoms with Crippen LogP contribution in [0.4, 0.5) is 6.01 Å². The number of rotatable bonds is 4. The standard InChI is InChI=1S/C16H23N3O/c1-12(2)19(11-13-6-5-9-17-10-13)16-18-14-7-3-4-8-15(14)20-16/h3-4,7-8,12-13,17H,5-6,9-11H2,1-2H3. The van der Waals surface area contributed by atoms with Crippen molar-refractivity contribution in [3.8, 4) is 0 Å². The molecule has 1 fully saturated rings. The normalized spacial score (nSPS) is 19.6. The number of benzene rings is 1. The van der Waals surface area contributed by atoms with Crippen molar-refractivity contribution in [3.05, 3.63) is 24.3 Å². The lowest BCUT2D eigenvalue weighted by Crippen LogP contribution is -2.41. The summed E-state index contributed by atoms with van der Waals surface area (Å²) < 4.78 is 5.93. The summed E-state index contributed by atoms with van der Waals surface area (Å²) in [7, 11) is 0. The molecular formula is C16H23N3O. The Kier molecular flexibility index (Phi) is 3.92. The summed E-state index contributed by atoms with van der Waals surface area (Å²) in [4.78, 5) is 6.93. The number of hydrogen-bond donors (Lipinski definition) is 1. The topological polar surface area (TPSA) is 41.3 Å².